The molecular weight excluding hydrogens is 298 g/mol. The molecule has 6 heteroatoms. The van der Waals surface area contributed by atoms with Gasteiger partial charge in [0.25, 0.3) is 5.91 Å². The van der Waals surface area contributed by atoms with E-state index in [-0.39, 0.29) is 18.1 Å². The molecule has 1 aliphatic heterocycles. The van der Waals surface area contributed by atoms with Crippen molar-refractivity contribution in [3.8, 4) is 0 Å². The number of amides is 1. The van der Waals surface area contributed by atoms with Crippen molar-refractivity contribution in [1.82, 2.24) is 14.3 Å². The fourth-order valence-corrected chi connectivity index (χ4v) is 4.16. The Kier molecular flexibility index (Phi) is 3.58. The molecule has 22 heavy (non-hydrogen) atoms. The molecule has 2 aliphatic rings. The van der Waals surface area contributed by atoms with Gasteiger partial charge >= 0.3 is 0 Å². The van der Waals surface area contributed by atoms with Gasteiger partial charge in [-0.15, -0.1) is 0 Å². The average molecular weight is 317 g/mol. The lowest BCUT2D eigenvalue weighted by molar-refractivity contribution is -0.0446. The molecule has 2 aromatic heterocycles. The van der Waals surface area contributed by atoms with Crippen molar-refractivity contribution < 1.29 is 9.53 Å². The summed E-state index contributed by atoms with van der Waals surface area (Å²) in [6.07, 6.45) is 7.40. The number of morpholine rings is 1. The third kappa shape index (κ3) is 2.13. The van der Waals surface area contributed by atoms with Gasteiger partial charge in [-0.2, -0.15) is 0 Å². The van der Waals surface area contributed by atoms with E-state index in [1.54, 1.807) is 11.8 Å². The summed E-state index contributed by atoms with van der Waals surface area (Å²) in [5.41, 5.74) is 1.45. The zero-order chi connectivity index (χ0) is 15.1. The monoisotopic (exact) mass is 317 g/mol. The number of ether oxygens (including phenoxy) is 1. The van der Waals surface area contributed by atoms with Crippen LogP contribution in [0.4, 0.5) is 0 Å². The molecule has 2 atom stereocenters. The zero-order valence-corrected chi connectivity index (χ0v) is 13.4. The highest BCUT2D eigenvalue weighted by Crippen LogP contribution is 2.31. The predicted octanol–water partition coefficient (Wildman–Crippen LogP) is 2.45. The van der Waals surface area contributed by atoms with Gasteiger partial charge < -0.3 is 9.64 Å². The summed E-state index contributed by atoms with van der Waals surface area (Å²) in [7, 11) is 0. The number of rotatable bonds is 2. The summed E-state index contributed by atoms with van der Waals surface area (Å²) < 4.78 is 7.80. The number of imidazole rings is 1. The topological polar surface area (TPSA) is 46.8 Å². The quantitative estimate of drug-likeness (QED) is 0.798. The van der Waals surface area contributed by atoms with Crippen LogP contribution in [0.3, 0.4) is 0 Å². The van der Waals surface area contributed by atoms with Crippen LogP contribution in [-0.4, -0.2) is 51.7 Å². The molecule has 2 fully saturated rings. The molecule has 1 aliphatic carbocycles. The lowest BCUT2D eigenvalue weighted by Gasteiger charge is -2.37. The normalized spacial score (nSPS) is 24.7. The van der Waals surface area contributed by atoms with Crippen LogP contribution in [0, 0.1) is 0 Å². The van der Waals surface area contributed by atoms with Crippen LogP contribution in [0.25, 0.3) is 5.52 Å². The molecule has 2 aromatic rings. The van der Waals surface area contributed by atoms with Gasteiger partial charge in [-0.25, -0.2) is 4.98 Å². The summed E-state index contributed by atoms with van der Waals surface area (Å²) in [6, 6.07) is 6.10. The van der Waals surface area contributed by atoms with E-state index in [1.807, 2.05) is 40.0 Å². The number of pyridine rings is 1. The first kappa shape index (κ1) is 14.1. The molecule has 116 valence electrons. The van der Waals surface area contributed by atoms with Crippen molar-refractivity contribution >= 4 is 23.2 Å². The number of fused-ring (bicyclic) bond motifs is 2. The Hall–Kier alpha value is -1.53. The van der Waals surface area contributed by atoms with Crippen molar-refractivity contribution in [3.05, 3.63) is 30.1 Å². The van der Waals surface area contributed by atoms with Crippen molar-refractivity contribution in [2.75, 3.05) is 19.4 Å². The first-order chi connectivity index (χ1) is 10.8. The minimum atomic E-state index is 0.0456. The van der Waals surface area contributed by atoms with Gasteiger partial charge in [-0.3, -0.25) is 9.20 Å². The van der Waals surface area contributed by atoms with E-state index in [1.165, 1.54) is 0 Å². The van der Waals surface area contributed by atoms with Gasteiger partial charge in [0, 0.05) is 12.7 Å². The number of carbonyl (C=O) groups excluding carboxylic acids is 1. The van der Waals surface area contributed by atoms with Crippen molar-refractivity contribution in [3.63, 3.8) is 0 Å². The van der Waals surface area contributed by atoms with E-state index in [0.717, 1.165) is 29.9 Å². The molecule has 4 rings (SSSR count). The van der Waals surface area contributed by atoms with Crippen molar-refractivity contribution in [2.24, 2.45) is 0 Å². The Morgan fingerprint density at radius 3 is 3.18 bits per heavy atom. The molecule has 0 aromatic carbocycles. The Morgan fingerprint density at radius 1 is 1.41 bits per heavy atom. The molecule has 1 saturated heterocycles. The standard InChI is InChI=1S/C16H19N3O2S/c1-22-16-17-14(12-5-2-3-8-19(12)16)15(20)18-9-10-21-13-7-4-6-11(13)18/h2-3,5,8,11,13H,4,6-7,9-10H2,1H3. The number of nitrogens with zero attached hydrogens (tertiary/aromatic N) is 3. The lowest BCUT2D eigenvalue weighted by Crippen LogP contribution is -2.51. The second-order valence-corrected chi connectivity index (χ2v) is 6.58. The van der Waals surface area contributed by atoms with Crippen LogP contribution in [0.2, 0.25) is 0 Å². The van der Waals surface area contributed by atoms with E-state index in [9.17, 15) is 4.79 Å². The smallest absolute Gasteiger partial charge is 0.275 e. The molecule has 1 saturated carbocycles. The molecule has 1 amide bonds. The fraction of sp³-hybridized carbons (Fsp3) is 0.500. The van der Waals surface area contributed by atoms with Crippen LogP contribution >= 0.6 is 11.8 Å². The molecule has 0 N–H and O–H groups in total. The third-order valence-corrected chi connectivity index (χ3v) is 5.30. The number of aromatic nitrogens is 2. The summed E-state index contributed by atoms with van der Waals surface area (Å²) in [4.78, 5) is 19.6. The number of hydrogen-bond acceptors (Lipinski definition) is 4. The molecular formula is C16H19N3O2S. The van der Waals surface area contributed by atoms with Gasteiger partial charge in [0.1, 0.15) is 0 Å². The van der Waals surface area contributed by atoms with E-state index in [4.69, 9.17) is 4.74 Å². The Balaban J connectivity index is 1.73. The third-order valence-electron chi connectivity index (χ3n) is 4.64. The van der Waals surface area contributed by atoms with Crippen LogP contribution in [0.5, 0.6) is 0 Å². The van der Waals surface area contributed by atoms with Crippen LogP contribution in [0.1, 0.15) is 29.8 Å². The first-order valence-corrected chi connectivity index (χ1v) is 8.95. The summed E-state index contributed by atoms with van der Waals surface area (Å²) >= 11 is 1.56. The van der Waals surface area contributed by atoms with E-state index in [0.29, 0.717) is 18.8 Å². The van der Waals surface area contributed by atoms with Crippen molar-refractivity contribution in [2.45, 2.75) is 36.6 Å². The van der Waals surface area contributed by atoms with Crippen LogP contribution in [0.15, 0.2) is 29.6 Å². The highest BCUT2D eigenvalue weighted by molar-refractivity contribution is 7.98. The number of carbonyl (C=O) groups is 1. The maximum Gasteiger partial charge on any atom is 0.275 e. The predicted molar refractivity (Wildman–Crippen MR) is 85.4 cm³/mol. The van der Waals surface area contributed by atoms with Crippen LogP contribution in [-0.2, 0) is 4.74 Å². The minimum Gasteiger partial charge on any atom is -0.374 e. The second kappa shape index (κ2) is 5.59. The Bertz CT molecular complexity index is 714. The first-order valence-electron chi connectivity index (χ1n) is 7.73. The minimum absolute atomic E-state index is 0.0456. The van der Waals surface area contributed by atoms with Gasteiger partial charge in [-0.1, -0.05) is 17.8 Å². The molecule has 3 heterocycles. The molecule has 0 bridgehead atoms. The fourth-order valence-electron chi connectivity index (χ4n) is 3.62. The van der Waals surface area contributed by atoms with Gasteiger partial charge in [0.05, 0.1) is 24.3 Å². The summed E-state index contributed by atoms with van der Waals surface area (Å²) in [6.45, 7) is 1.30. The zero-order valence-electron chi connectivity index (χ0n) is 12.6. The number of hydrogen-bond donors (Lipinski definition) is 0. The van der Waals surface area contributed by atoms with Crippen molar-refractivity contribution in [1.29, 1.82) is 0 Å². The second-order valence-electron chi connectivity index (χ2n) is 5.81. The van der Waals surface area contributed by atoms with E-state index in [2.05, 4.69) is 4.98 Å². The Labute approximate surface area is 133 Å². The highest BCUT2D eigenvalue weighted by atomic mass is 32.2. The molecule has 5 nitrogen and oxygen atoms in total. The lowest BCUT2D eigenvalue weighted by atomic mass is 10.1. The van der Waals surface area contributed by atoms with E-state index < -0.39 is 0 Å². The van der Waals surface area contributed by atoms with Gasteiger partial charge in [-0.05, 0) is 37.7 Å². The SMILES string of the molecule is CSc1nc(C(=O)N2CCOC3CCCC32)c2ccccn12. The summed E-state index contributed by atoms with van der Waals surface area (Å²) in [5.74, 6) is 0.0456. The summed E-state index contributed by atoms with van der Waals surface area (Å²) in [5, 5.41) is 0.857. The highest BCUT2D eigenvalue weighted by Gasteiger charge is 2.39. The largest absolute Gasteiger partial charge is 0.374 e. The Morgan fingerprint density at radius 2 is 2.32 bits per heavy atom. The molecule has 0 spiro atoms. The van der Waals surface area contributed by atoms with Gasteiger partial charge in [0.15, 0.2) is 10.9 Å². The van der Waals surface area contributed by atoms with E-state index >= 15 is 0 Å². The molecule has 2 unspecified atom stereocenters. The maximum absolute atomic E-state index is 13.1. The average Bonchev–Trinajstić information content (AvgIpc) is 3.18. The number of thioether (sulfide) groups is 1. The van der Waals surface area contributed by atoms with Crippen LogP contribution < -0.4 is 0 Å². The molecule has 0 radical (unpaired) electrons. The van der Waals surface area contributed by atoms with Gasteiger partial charge in [0.2, 0.25) is 0 Å². The maximum atomic E-state index is 13.1.